The van der Waals surface area contributed by atoms with Gasteiger partial charge in [-0.3, -0.25) is 9.69 Å². The molecule has 2 aliphatic heterocycles. The van der Waals surface area contributed by atoms with E-state index in [1.54, 1.807) is 24.3 Å². The fourth-order valence-electron chi connectivity index (χ4n) is 5.51. The number of amidine groups is 1. The van der Waals surface area contributed by atoms with Crippen molar-refractivity contribution in [1.82, 2.24) is 19.8 Å². The van der Waals surface area contributed by atoms with Gasteiger partial charge in [0.15, 0.2) is 5.84 Å². The van der Waals surface area contributed by atoms with Gasteiger partial charge in [0, 0.05) is 60.3 Å². The summed E-state index contributed by atoms with van der Waals surface area (Å²) in [7, 11) is 0. The molecule has 3 aromatic rings. The van der Waals surface area contributed by atoms with Crippen molar-refractivity contribution in [1.29, 1.82) is 5.53 Å². The lowest BCUT2D eigenvalue weighted by Gasteiger charge is -2.41. The first-order valence-corrected chi connectivity index (χ1v) is 12.9. The van der Waals surface area contributed by atoms with Crippen molar-refractivity contribution < 1.29 is 4.79 Å². The number of carbonyl (C=O) groups is 1. The maximum absolute atomic E-state index is 13.2. The van der Waals surface area contributed by atoms with Crippen LogP contribution in [-0.2, 0) is 13.1 Å². The lowest BCUT2D eigenvalue weighted by atomic mass is 9.96. The number of hydrogen-bond donors (Lipinski definition) is 3. The summed E-state index contributed by atoms with van der Waals surface area (Å²) in [6.45, 7) is 8.61. The number of benzene rings is 2. The molecule has 0 spiro atoms. The van der Waals surface area contributed by atoms with Crippen LogP contribution in [0.1, 0.15) is 58.1 Å². The zero-order valence-corrected chi connectivity index (χ0v) is 22.0. The van der Waals surface area contributed by atoms with Gasteiger partial charge in [-0.1, -0.05) is 23.4 Å². The molecular formula is C28H33N9O. The molecule has 2 aliphatic rings. The second kappa shape index (κ2) is 10.7. The van der Waals surface area contributed by atoms with Gasteiger partial charge in [0.1, 0.15) is 0 Å². The Morgan fingerprint density at radius 2 is 1.82 bits per heavy atom. The molecule has 4 N–H and O–H groups in total. The fourth-order valence-corrected chi connectivity index (χ4v) is 5.51. The minimum Gasteiger partial charge on any atom is -0.382 e. The number of anilines is 2. The van der Waals surface area contributed by atoms with Crippen molar-refractivity contribution >= 4 is 23.4 Å². The van der Waals surface area contributed by atoms with Crippen molar-refractivity contribution in [2.75, 3.05) is 11.9 Å². The molecule has 196 valence electrons. The van der Waals surface area contributed by atoms with Crippen LogP contribution >= 0.6 is 0 Å². The molecule has 5 rings (SSSR count). The van der Waals surface area contributed by atoms with Crippen LogP contribution in [0.25, 0.3) is 0 Å². The second-order valence-corrected chi connectivity index (χ2v) is 10.3. The lowest BCUT2D eigenvalue weighted by molar-refractivity contribution is 0.0460. The van der Waals surface area contributed by atoms with Gasteiger partial charge in [0.2, 0.25) is 5.95 Å². The van der Waals surface area contributed by atoms with Crippen LogP contribution in [0.2, 0.25) is 0 Å². The molecule has 1 fully saturated rings. The summed E-state index contributed by atoms with van der Waals surface area (Å²) >= 11 is 0. The number of nitrogens with two attached hydrogens (primary N) is 1. The molecule has 0 saturated carbocycles. The van der Waals surface area contributed by atoms with Crippen molar-refractivity contribution in [3.63, 3.8) is 0 Å². The average molecular weight is 512 g/mol. The Hall–Kier alpha value is -4.18. The van der Waals surface area contributed by atoms with Gasteiger partial charge in [0.25, 0.3) is 5.91 Å². The normalized spacial score (nSPS) is 19.8. The molecule has 10 heteroatoms. The minimum atomic E-state index is 0.0147. The topological polar surface area (TPSA) is 136 Å². The maximum Gasteiger partial charge on any atom is 0.254 e. The smallest absolute Gasteiger partial charge is 0.254 e. The lowest BCUT2D eigenvalue weighted by Crippen LogP contribution is -2.50. The predicted octanol–water partition coefficient (Wildman–Crippen LogP) is 4.50. The molecule has 38 heavy (non-hydrogen) atoms. The average Bonchev–Trinajstić information content (AvgIpc) is 3.31. The van der Waals surface area contributed by atoms with Crippen molar-refractivity contribution in [2.24, 2.45) is 16.1 Å². The minimum absolute atomic E-state index is 0.0147. The Bertz CT molecular complexity index is 1370. The first-order valence-electron chi connectivity index (χ1n) is 12.9. The highest BCUT2D eigenvalue weighted by Crippen LogP contribution is 2.31. The van der Waals surface area contributed by atoms with E-state index < -0.39 is 0 Å². The summed E-state index contributed by atoms with van der Waals surface area (Å²) in [5, 5.41) is 9.85. The number of nitrogens with one attached hydrogen (secondary N) is 2. The third-order valence-corrected chi connectivity index (χ3v) is 7.37. The summed E-state index contributed by atoms with van der Waals surface area (Å²) in [5.74, 6) is 0.788. The number of hydrogen-bond acceptors (Lipinski definition) is 7. The van der Waals surface area contributed by atoms with E-state index in [-0.39, 0.29) is 17.8 Å². The van der Waals surface area contributed by atoms with Gasteiger partial charge in [-0.05, 0) is 69.0 Å². The number of piperidine rings is 1. The Balaban J connectivity index is 1.20. The maximum atomic E-state index is 13.2. The molecule has 2 atom stereocenters. The monoisotopic (exact) mass is 511 g/mol. The van der Waals surface area contributed by atoms with E-state index in [1.807, 2.05) is 11.1 Å². The van der Waals surface area contributed by atoms with Gasteiger partial charge in [-0.25, -0.2) is 9.97 Å². The highest BCUT2D eigenvalue weighted by molar-refractivity contribution is 5.99. The second-order valence-electron chi connectivity index (χ2n) is 10.3. The molecule has 0 radical (unpaired) electrons. The summed E-state index contributed by atoms with van der Waals surface area (Å²) < 4.78 is 0. The molecule has 0 unspecified atom stereocenters. The van der Waals surface area contributed by atoms with Crippen LogP contribution in [0.15, 0.2) is 59.0 Å². The molecule has 1 aromatic heterocycles. The molecule has 3 heterocycles. The zero-order chi connectivity index (χ0) is 26.8. The van der Waals surface area contributed by atoms with Gasteiger partial charge in [0.05, 0.1) is 5.69 Å². The van der Waals surface area contributed by atoms with Gasteiger partial charge >= 0.3 is 0 Å². The standard InChI is InChI=1S/C28H33N9O/c1-17-10-18(2)12-23(11-17)32-28-31-14-22-15-36(16-25(22)33-28)24-8-9-37(19(3)13-24)27(38)21-6-4-20(5-7-21)26(29)34-35-30/h4-7,10-12,14,19,24H,8-9,13,15-16H2,1-3H3,(H3,29,30,34)(H,31,32,33)/t19-,24-/m1/s1. The van der Waals surface area contributed by atoms with Crippen molar-refractivity contribution in [3.8, 4) is 0 Å². The Morgan fingerprint density at radius 1 is 1.11 bits per heavy atom. The van der Waals surface area contributed by atoms with Crippen LogP contribution in [0.3, 0.4) is 0 Å². The van der Waals surface area contributed by atoms with E-state index in [1.165, 1.54) is 16.7 Å². The van der Waals surface area contributed by atoms with Crippen LogP contribution in [0.5, 0.6) is 0 Å². The first kappa shape index (κ1) is 25.5. The van der Waals surface area contributed by atoms with Crippen LogP contribution in [0.4, 0.5) is 11.6 Å². The van der Waals surface area contributed by atoms with Gasteiger partial charge in [-0.2, -0.15) is 5.53 Å². The van der Waals surface area contributed by atoms with Crippen LogP contribution in [0, 0.1) is 19.4 Å². The molecule has 1 amide bonds. The number of aryl methyl sites for hydroxylation is 2. The summed E-state index contributed by atoms with van der Waals surface area (Å²) in [5.41, 5.74) is 19.5. The molecular weight excluding hydrogens is 478 g/mol. The molecule has 1 saturated heterocycles. The highest BCUT2D eigenvalue weighted by atomic mass is 16.2. The van der Waals surface area contributed by atoms with E-state index in [9.17, 15) is 4.79 Å². The van der Waals surface area contributed by atoms with Crippen LogP contribution < -0.4 is 11.1 Å². The molecule has 0 aliphatic carbocycles. The van der Waals surface area contributed by atoms with E-state index in [0.29, 0.717) is 29.7 Å². The van der Waals surface area contributed by atoms with E-state index in [2.05, 4.69) is 64.5 Å². The largest absolute Gasteiger partial charge is 0.382 e. The molecule has 0 bridgehead atoms. The molecule has 2 aromatic carbocycles. The number of fused-ring (bicyclic) bond motifs is 1. The van der Waals surface area contributed by atoms with Crippen LogP contribution in [-0.4, -0.2) is 50.1 Å². The third-order valence-electron chi connectivity index (χ3n) is 7.37. The van der Waals surface area contributed by atoms with Gasteiger partial charge in [-0.15, -0.1) is 5.10 Å². The van der Waals surface area contributed by atoms with Gasteiger partial charge < -0.3 is 16.0 Å². The number of amides is 1. The first-order chi connectivity index (χ1) is 18.3. The summed E-state index contributed by atoms with van der Waals surface area (Å²) in [6, 6.07) is 13.8. The number of nitrogens with zero attached hydrogens (tertiary/aromatic N) is 6. The number of likely N-dealkylation sites (tertiary alicyclic amines) is 1. The SMILES string of the molecule is Cc1cc(C)cc(Nc2ncc3c(n2)CN([C@@H]2CCN(C(=O)c4ccc(C(N)=NN=N)cc4)[C@H](C)C2)C3)c1. The van der Waals surface area contributed by atoms with E-state index in [0.717, 1.165) is 37.3 Å². The summed E-state index contributed by atoms with van der Waals surface area (Å²) in [6.07, 6.45) is 3.76. The number of rotatable bonds is 6. The number of aromatic nitrogens is 2. The highest BCUT2D eigenvalue weighted by Gasteiger charge is 2.35. The van der Waals surface area contributed by atoms with Crippen molar-refractivity contribution in [2.45, 2.75) is 58.8 Å². The Morgan fingerprint density at radius 3 is 2.50 bits per heavy atom. The predicted molar refractivity (Wildman–Crippen MR) is 146 cm³/mol. The van der Waals surface area contributed by atoms with Crippen molar-refractivity contribution in [3.05, 3.63) is 82.2 Å². The van der Waals surface area contributed by atoms with E-state index in [4.69, 9.17) is 16.2 Å². The summed E-state index contributed by atoms with van der Waals surface area (Å²) in [4.78, 5) is 27.0. The third kappa shape index (κ3) is 5.40. The zero-order valence-electron chi connectivity index (χ0n) is 22.0. The quantitative estimate of drug-likeness (QED) is 0.193. The Labute approximate surface area is 222 Å². The fraction of sp³-hybridized carbons (Fsp3) is 0.357. The molecule has 10 nitrogen and oxygen atoms in total. The Kier molecular flexibility index (Phi) is 7.15. The van der Waals surface area contributed by atoms with E-state index >= 15 is 0 Å². The number of carbonyl (C=O) groups excluding carboxylic acids is 1.